The first kappa shape index (κ1) is 9.49. The van der Waals surface area contributed by atoms with Crippen LogP contribution in [-0.4, -0.2) is 16.4 Å². The van der Waals surface area contributed by atoms with E-state index in [2.05, 4.69) is 5.32 Å². The zero-order chi connectivity index (χ0) is 9.97. The van der Waals surface area contributed by atoms with Crippen molar-refractivity contribution in [2.75, 3.05) is 0 Å². The zero-order valence-electron chi connectivity index (χ0n) is 7.98. The van der Waals surface area contributed by atoms with Crippen LogP contribution in [0.4, 0.5) is 0 Å². The maximum atomic E-state index is 9.44. The van der Waals surface area contributed by atoms with E-state index in [4.69, 9.17) is 0 Å². The fourth-order valence-corrected chi connectivity index (χ4v) is 1.92. The van der Waals surface area contributed by atoms with Crippen molar-refractivity contribution in [3.63, 3.8) is 0 Å². The van der Waals surface area contributed by atoms with Crippen molar-refractivity contribution in [3.8, 4) is 5.75 Å². The highest BCUT2D eigenvalue weighted by Crippen LogP contribution is 2.26. The third-order valence-electron chi connectivity index (χ3n) is 2.64. The minimum absolute atomic E-state index is 0.172. The number of aromatic hydroxyl groups is 1. The molecule has 1 aliphatic rings. The Labute approximate surface area is 83.4 Å². The van der Waals surface area contributed by atoms with Crippen LogP contribution in [0.3, 0.4) is 0 Å². The van der Waals surface area contributed by atoms with Gasteiger partial charge in [-0.1, -0.05) is 12.1 Å². The predicted molar refractivity (Wildman–Crippen MR) is 53.8 cm³/mol. The van der Waals surface area contributed by atoms with Crippen molar-refractivity contribution in [3.05, 3.63) is 29.8 Å². The summed E-state index contributed by atoms with van der Waals surface area (Å²) in [6.45, 7) is 0. The molecule has 2 atom stereocenters. The highest BCUT2D eigenvalue weighted by Gasteiger charge is 2.20. The summed E-state index contributed by atoms with van der Waals surface area (Å²) < 4.78 is 0. The highest BCUT2D eigenvalue weighted by atomic mass is 16.3. The van der Waals surface area contributed by atoms with Crippen LogP contribution in [0.2, 0.25) is 0 Å². The first-order chi connectivity index (χ1) is 6.75. The minimum atomic E-state index is -0.406. The van der Waals surface area contributed by atoms with Crippen LogP contribution < -0.4 is 5.32 Å². The van der Waals surface area contributed by atoms with Gasteiger partial charge in [-0.25, -0.2) is 0 Å². The van der Waals surface area contributed by atoms with Gasteiger partial charge in [0.15, 0.2) is 0 Å². The maximum absolute atomic E-state index is 9.44. The van der Waals surface area contributed by atoms with E-state index < -0.39 is 6.23 Å². The maximum Gasteiger partial charge on any atom is 0.115 e. The predicted octanol–water partition coefficient (Wildman–Crippen LogP) is 1.53. The minimum Gasteiger partial charge on any atom is -0.508 e. The molecular formula is C11H15NO2. The smallest absolute Gasteiger partial charge is 0.115 e. The van der Waals surface area contributed by atoms with Gasteiger partial charge in [-0.3, -0.25) is 5.32 Å². The normalized spacial score (nSPS) is 27.5. The molecule has 3 heteroatoms. The van der Waals surface area contributed by atoms with Gasteiger partial charge >= 0.3 is 0 Å². The van der Waals surface area contributed by atoms with E-state index in [1.807, 2.05) is 12.1 Å². The van der Waals surface area contributed by atoms with Gasteiger partial charge in [-0.05, 0) is 37.0 Å². The Morgan fingerprint density at radius 1 is 1.29 bits per heavy atom. The van der Waals surface area contributed by atoms with Gasteiger partial charge in [0, 0.05) is 6.04 Å². The number of phenolic OH excluding ortho intramolecular Hbond substituents is 1. The second-order valence-electron chi connectivity index (χ2n) is 3.76. The molecule has 0 saturated carbocycles. The molecule has 0 spiro atoms. The fraction of sp³-hybridized carbons (Fsp3) is 0.455. The second-order valence-corrected chi connectivity index (χ2v) is 3.76. The van der Waals surface area contributed by atoms with Crippen LogP contribution in [0, 0.1) is 0 Å². The third kappa shape index (κ3) is 2.05. The van der Waals surface area contributed by atoms with Crippen LogP contribution in [0.5, 0.6) is 5.75 Å². The molecule has 2 unspecified atom stereocenters. The van der Waals surface area contributed by atoms with Gasteiger partial charge in [0.05, 0.1) is 0 Å². The number of aliphatic hydroxyl groups is 1. The number of hydrogen-bond donors (Lipinski definition) is 3. The van der Waals surface area contributed by atoms with Gasteiger partial charge in [0.25, 0.3) is 0 Å². The summed E-state index contributed by atoms with van der Waals surface area (Å²) in [5.74, 6) is 0.282. The molecule has 0 aliphatic carbocycles. The molecule has 1 aromatic rings. The quantitative estimate of drug-likeness (QED) is 0.634. The lowest BCUT2D eigenvalue weighted by Crippen LogP contribution is -2.36. The molecule has 0 radical (unpaired) electrons. The molecule has 0 bridgehead atoms. The summed E-state index contributed by atoms with van der Waals surface area (Å²) >= 11 is 0. The van der Waals surface area contributed by atoms with E-state index >= 15 is 0 Å². The van der Waals surface area contributed by atoms with Gasteiger partial charge in [0.1, 0.15) is 12.0 Å². The highest BCUT2D eigenvalue weighted by molar-refractivity contribution is 5.29. The summed E-state index contributed by atoms with van der Waals surface area (Å²) in [5, 5.41) is 21.9. The molecule has 1 saturated heterocycles. The first-order valence-corrected chi connectivity index (χ1v) is 4.99. The van der Waals surface area contributed by atoms with Crippen molar-refractivity contribution in [2.24, 2.45) is 0 Å². The summed E-state index contributed by atoms with van der Waals surface area (Å²) in [6.07, 6.45) is 2.45. The molecule has 0 amide bonds. The Morgan fingerprint density at radius 2 is 2.14 bits per heavy atom. The number of rotatable bonds is 1. The lowest BCUT2D eigenvalue weighted by atomic mass is 9.97. The zero-order valence-corrected chi connectivity index (χ0v) is 7.98. The summed E-state index contributed by atoms with van der Waals surface area (Å²) in [5.41, 5.74) is 1.05. The van der Waals surface area contributed by atoms with Crippen molar-refractivity contribution < 1.29 is 10.2 Å². The van der Waals surface area contributed by atoms with Crippen LogP contribution in [0.1, 0.15) is 30.9 Å². The third-order valence-corrected chi connectivity index (χ3v) is 2.64. The van der Waals surface area contributed by atoms with Crippen LogP contribution in [-0.2, 0) is 0 Å². The lowest BCUT2D eigenvalue weighted by Gasteiger charge is -2.28. The molecule has 76 valence electrons. The standard InChI is InChI=1S/C11H15NO2/c13-9-4-1-3-8(7-9)10-5-2-6-11(14)12-10/h1,3-4,7,10-14H,2,5-6H2. The van der Waals surface area contributed by atoms with Crippen molar-refractivity contribution in [1.82, 2.24) is 5.32 Å². The number of nitrogens with one attached hydrogen (secondary N) is 1. The number of benzene rings is 1. The molecule has 14 heavy (non-hydrogen) atoms. The fourth-order valence-electron chi connectivity index (χ4n) is 1.92. The van der Waals surface area contributed by atoms with E-state index in [-0.39, 0.29) is 11.8 Å². The van der Waals surface area contributed by atoms with Gasteiger partial charge < -0.3 is 10.2 Å². The Morgan fingerprint density at radius 3 is 2.86 bits per heavy atom. The van der Waals surface area contributed by atoms with Gasteiger partial charge in [-0.15, -0.1) is 0 Å². The average Bonchev–Trinajstić information content (AvgIpc) is 2.18. The van der Waals surface area contributed by atoms with Crippen molar-refractivity contribution in [2.45, 2.75) is 31.5 Å². The molecule has 2 rings (SSSR count). The van der Waals surface area contributed by atoms with Crippen molar-refractivity contribution >= 4 is 0 Å². The summed E-state index contributed by atoms with van der Waals surface area (Å²) in [4.78, 5) is 0. The molecule has 1 heterocycles. The molecule has 1 aromatic carbocycles. The molecule has 1 aliphatic heterocycles. The van der Waals surface area contributed by atoms with Crippen LogP contribution >= 0.6 is 0 Å². The lowest BCUT2D eigenvalue weighted by molar-refractivity contribution is 0.0852. The Hall–Kier alpha value is -1.06. The molecule has 1 fully saturated rings. The molecular weight excluding hydrogens is 178 g/mol. The second kappa shape index (κ2) is 3.98. The van der Waals surface area contributed by atoms with Gasteiger partial charge in [-0.2, -0.15) is 0 Å². The number of piperidine rings is 1. The van der Waals surface area contributed by atoms with E-state index in [1.54, 1.807) is 12.1 Å². The number of hydrogen-bond acceptors (Lipinski definition) is 3. The summed E-state index contributed by atoms with van der Waals surface area (Å²) in [6, 6.07) is 7.37. The first-order valence-electron chi connectivity index (χ1n) is 4.99. The van der Waals surface area contributed by atoms with E-state index in [1.165, 1.54) is 0 Å². The Kier molecular flexibility index (Phi) is 2.70. The topological polar surface area (TPSA) is 52.5 Å². The van der Waals surface area contributed by atoms with Crippen LogP contribution in [0.25, 0.3) is 0 Å². The van der Waals surface area contributed by atoms with E-state index in [0.29, 0.717) is 0 Å². The summed E-state index contributed by atoms with van der Waals surface area (Å²) in [7, 11) is 0. The van der Waals surface area contributed by atoms with E-state index in [9.17, 15) is 10.2 Å². The monoisotopic (exact) mass is 193 g/mol. The Bertz CT molecular complexity index is 314. The molecule has 0 aromatic heterocycles. The van der Waals surface area contributed by atoms with Crippen LogP contribution in [0.15, 0.2) is 24.3 Å². The average molecular weight is 193 g/mol. The SMILES string of the molecule is Oc1cccc(C2CCCC(O)N2)c1. The van der Waals surface area contributed by atoms with E-state index in [0.717, 1.165) is 24.8 Å². The largest absolute Gasteiger partial charge is 0.508 e. The molecule has 3 N–H and O–H groups in total. The Balaban J connectivity index is 2.14. The molecule has 3 nitrogen and oxygen atoms in total. The van der Waals surface area contributed by atoms with Crippen molar-refractivity contribution in [1.29, 1.82) is 0 Å². The van der Waals surface area contributed by atoms with Gasteiger partial charge in [0.2, 0.25) is 0 Å². The number of phenols is 1. The number of aliphatic hydroxyl groups excluding tert-OH is 1.